The summed E-state index contributed by atoms with van der Waals surface area (Å²) in [6.45, 7) is 3.72. The molecule has 1 aromatic rings. The van der Waals surface area contributed by atoms with Crippen LogP contribution in [0.25, 0.3) is 0 Å². The summed E-state index contributed by atoms with van der Waals surface area (Å²) in [7, 11) is 1.88. The zero-order chi connectivity index (χ0) is 13.8. The number of piperidine rings is 1. The maximum absolute atomic E-state index is 12.4. The third kappa shape index (κ3) is 4.65. The first kappa shape index (κ1) is 17.3. The van der Waals surface area contributed by atoms with E-state index in [-0.39, 0.29) is 24.2 Å². The van der Waals surface area contributed by atoms with E-state index in [0.717, 1.165) is 30.0 Å². The molecule has 1 aromatic carbocycles. The summed E-state index contributed by atoms with van der Waals surface area (Å²) < 4.78 is 0. The van der Waals surface area contributed by atoms with Gasteiger partial charge >= 0.3 is 0 Å². The molecule has 1 saturated heterocycles. The average molecular weight is 317 g/mol. The number of benzene rings is 1. The van der Waals surface area contributed by atoms with Crippen molar-refractivity contribution in [2.24, 2.45) is 5.92 Å². The minimum absolute atomic E-state index is 0. The Morgan fingerprint density at radius 2 is 2.05 bits per heavy atom. The normalized spacial score (nSPS) is 21.9. The molecular weight excluding hydrogens is 295 g/mol. The van der Waals surface area contributed by atoms with Crippen LogP contribution in [0.15, 0.2) is 24.3 Å². The lowest BCUT2D eigenvalue weighted by molar-refractivity contribution is -0.135. The van der Waals surface area contributed by atoms with E-state index in [1.54, 1.807) is 0 Å². The van der Waals surface area contributed by atoms with Crippen LogP contribution in [0.5, 0.6) is 0 Å². The van der Waals surface area contributed by atoms with Crippen molar-refractivity contribution in [3.8, 4) is 0 Å². The smallest absolute Gasteiger partial charge is 0.225 e. The van der Waals surface area contributed by atoms with Gasteiger partial charge in [0.25, 0.3) is 0 Å². The Morgan fingerprint density at radius 3 is 2.65 bits per heavy atom. The maximum atomic E-state index is 12.4. The van der Waals surface area contributed by atoms with Crippen LogP contribution in [0.4, 0.5) is 0 Å². The Morgan fingerprint density at radius 1 is 1.40 bits per heavy atom. The molecule has 112 valence electrons. The Labute approximate surface area is 132 Å². The number of carbonyl (C=O) groups is 1. The molecule has 1 N–H and O–H groups in total. The SMILES string of the molecule is C[C@H]1C[C@@H](C(=O)N(C)Cc2ccc(Cl)cc2)CCN1.Cl. The van der Waals surface area contributed by atoms with Gasteiger partial charge in [-0.3, -0.25) is 4.79 Å². The molecule has 0 radical (unpaired) electrons. The van der Waals surface area contributed by atoms with Gasteiger partial charge in [0.1, 0.15) is 0 Å². The molecule has 0 unspecified atom stereocenters. The summed E-state index contributed by atoms with van der Waals surface area (Å²) in [5.74, 6) is 0.414. The van der Waals surface area contributed by atoms with Gasteiger partial charge in [-0.05, 0) is 44.0 Å². The van der Waals surface area contributed by atoms with Gasteiger partial charge in [-0.25, -0.2) is 0 Å². The molecule has 1 amide bonds. The summed E-state index contributed by atoms with van der Waals surface area (Å²) in [6.07, 6.45) is 1.87. The molecule has 1 fully saturated rings. The van der Waals surface area contributed by atoms with E-state index in [2.05, 4.69) is 12.2 Å². The van der Waals surface area contributed by atoms with Crippen LogP contribution in [0.1, 0.15) is 25.3 Å². The molecule has 0 aliphatic carbocycles. The monoisotopic (exact) mass is 316 g/mol. The van der Waals surface area contributed by atoms with Crippen LogP contribution >= 0.6 is 24.0 Å². The number of hydrogen-bond donors (Lipinski definition) is 1. The molecular formula is C15H22Cl2N2O. The van der Waals surface area contributed by atoms with Gasteiger partial charge in [0.05, 0.1) is 0 Å². The lowest BCUT2D eigenvalue weighted by Crippen LogP contribution is -2.42. The van der Waals surface area contributed by atoms with E-state index in [4.69, 9.17) is 11.6 Å². The van der Waals surface area contributed by atoms with E-state index in [1.807, 2.05) is 36.2 Å². The van der Waals surface area contributed by atoms with Crippen molar-refractivity contribution in [3.05, 3.63) is 34.9 Å². The van der Waals surface area contributed by atoms with Crippen LogP contribution in [0, 0.1) is 5.92 Å². The standard InChI is InChI=1S/C15H21ClN2O.ClH/c1-11-9-13(7-8-17-11)15(19)18(2)10-12-3-5-14(16)6-4-12;/h3-6,11,13,17H,7-10H2,1-2H3;1H/t11-,13-;/m0./s1. The number of nitrogens with one attached hydrogen (secondary N) is 1. The zero-order valence-corrected chi connectivity index (χ0v) is 13.5. The van der Waals surface area contributed by atoms with Crippen molar-refractivity contribution >= 4 is 29.9 Å². The highest BCUT2D eigenvalue weighted by molar-refractivity contribution is 6.30. The first-order valence-corrected chi connectivity index (χ1v) is 7.17. The lowest BCUT2D eigenvalue weighted by atomic mass is 9.92. The Bertz CT molecular complexity index is 436. The summed E-state index contributed by atoms with van der Waals surface area (Å²) in [5, 5.41) is 4.10. The second kappa shape index (κ2) is 7.87. The number of hydrogen-bond acceptors (Lipinski definition) is 2. The quantitative estimate of drug-likeness (QED) is 0.929. The summed E-state index contributed by atoms with van der Waals surface area (Å²) in [4.78, 5) is 14.2. The molecule has 0 spiro atoms. The Balaban J connectivity index is 0.00000200. The second-order valence-corrected chi connectivity index (χ2v) is 5.83. The molecule has 0 aromatic heterocycles. The van der Waals surface area contributed by atoms with E-state index in [1.165, 1.54) is 0 Å². The molecule has 0 saturated carbocycles. The fraction of sp³-hybridized carbons (Fsp3) is 0.533. The zero-order valence-electron chi connectivity index (χ0n) is 11.9. The Hall–Kier alpha value is -0.770. The minimum Gasteiger partial charge on any atom is -0.341 e. The average Bonchev–Trinajstić information content (AvgIpc) is 2.40. The predicted molar refractivity (Wildman–Crippen MR) is 85.4 cm³/mol. The topological polar surface area (TPSA) is 32.3 Å². The van der Waals surface area contributed by atoms with Crippen molar-refractivity contribution in [2.45, 2.75) is 32.4 Å². The van der Waals surface area contributed by atoms with Gasteiger partial charge < -0.3 is 10.2 Å². The van der Waals surface area contributed by atoms with Crippen molar-refractivity contribution < 1.29 is 4.79 Å². The first-order valence-electron chi connectivity index (χ1n) is 6.79. The van der Waals surface area contributed by atoms with E-state index < -0.39 is 0 Å². The van der Waals surface area contributed by atoms with E-state index in [9.17, 15) is 4.79 Å². The fourth-order valence-corrected chi connectivity index (χ4v) is 2.74. The fourth-order valence-electron chi connectivity index (χ4n) is 2.61. The number of halogens is 2. The predicted octanol–water partition coefficient (Wildman–Crippen LogP) is 3.11. The number of amides is 1. The Kier molecular flexibility index (Phi) is 6.80. The van der Waals surface area contributed by atoms with Crippen molar-refractivity contribution in [1.82, 2.24) is 10.2 Å². The first-order chi connectivity index (χ1) is 9.06. The molecule has 2 rings (SSSR count). The lowest BCUT2D eigenvalue weighted by Gasteiger charge is -2.30. The maximum Gasteiger partial charge on any atom is 0.225 e. The van der Waals surface area contributed by atoms with E-state index in [0.29, 0.717) is 12.6 Å². The van der Waals surface area contributed by atoms with Gasteiger partial charge in [-0.1, -0.05) is 23.7 Å². The number of carbonyl (C=O) groups excluding carboxylic acids is 1. The van der Waals surface area contributed by atoms with Crippen LogP contribution in [-0.4, -0.2) is 30.4 Å². The highest BCUT2D eigenvalue weighted by Crippen LogP contribution is 2.19. The van der Waals surface area contributed by atoms with Gasteiger partial charge in [-0.2, -0.15) is 0 Å². The molecule has 5 heteroatoms. The van der Waals surface area contributed by atoms with Gasteiger partial charge in [0.15, 0.2) is 0 Å². The summed E-state index contributed by atoms with van der Waals surface area (Å²) in [5.41, 5.74) is 1.11. The van der Waals surface area contributed by atoms with Gasteiger partial charge in [-0.15, -0.1) is 12.4 Å². The molecule has 2 atom stereocenters. The van der Waals surface area contributed by atoms with Crippen LogP contribution < -0.4 is 5.32 Å². The highest BCUT2D eigenvalue weighted by atomic mass is 35.5. The van der Waals surface area contributed by atoms with Crippen LogP contribution in [-0.2, 0) is 11.3 Å². The van der Waals surface area contributed by atoms with Crippen LogP contribution in [0.3, 0.4) is 0 Å². The largest absolute Gasteiger partial charge is 0.341 e. The van der Waals surface area contributed by atoms with Gasteiger partial charge in [0, 0.05) is 30.6 Å². The third-order valence-electron chi connectivity index (χ3n) is 3.68. The third-order valence-corrected chi connectivity index (χ3v) is 3.93. The van der Waals surface area contributed by atoms with Crippen molar-refractivity contribution in [2.75, 3.05) is 13.6 Å². The van der Waals surface area contributed by atoms with E-state index >= 15 is 0 Å². The highest BCUT2D eigenvalue weighted by Gasteiger charge is 2.26. The molecule has 1 heterocycles. The molecule has 3 nitrogen and oxygen atoms in total. The second-order valence-electron chi connectivity index (χ2n) is 5.40. The molecule has 1 aliphatic rings. The number of rotatable bonds is 3. The summed E-state index contributed by atoms with van der Waals surface area (Å²) in [6, 6.07) is 8.10. The minimum atomic E-state index is 0. The summed E-state index contributed by atoms with van der Waals surface area (Å²) >= 11 is 5.86. The van der Waals surface area contributed by atoms with Crippen molar-refractivity contribution in [1.29, 1.82) is 0 Å². The molecule has 1 aliphatic heterocycles. The van der Waals surface area contributed by atoms with Gasteiger partial charge in [0.2, 0.25) is 5.91 Å². The van der Waals surface area contributed by atoms with Crippen LogP contribution in [0.2, 0.25) is 5.02 Å². The molecule has 0 bridgehead atoms. The number of nitrogens with zero attached hydrogens (tertiary/aromatic N) is 1. The molecule has 20 heavy (non-hydrogen) atoms. The van der Waals surface area contributed by atoms with Crippen molar-refractivity contribution in [3.63, 3.8) is 0 Å².